The Bertz CT molecular complexity index is 968. The summed E-state index contributed by atoms with van der Waals surface area (Å²) in [4.78, 5) is 19.5. The van der Waals surface area contributed by atoms with Crippen LogP contribution >= 0.6 is 0 Å². The monoisotopic (exact) mass is 347 g/mol. The summed E-state index contributed by atoms with van der Waals surface area (Å²) in [6.07, 6.45) is 2.42. The maximum atomic E-state index is 13.1. The number of nitrogens with one attached hydrogen (secondary N) is 1. The molecule has 1 aliphatic heterocycles. The number of hydrogen-bond donors (Lipinski definition) is 1. The summed E-state index contributed by atoms with van der Waals surface area (Å²) in [6.45, 7) is 0.596. The van der Waals surface area contributed by atoms with Crippen molar-refractivity contribution in [3.63, 3.8) is 0 Å². The first kappa shape index (κ1) is 16.4. The van der Waals surface area contributed by atoms with E-state index in [1.165, 1.54) is 0 Å². The summed E-state index contributed by atoms with van der Waals surface area (Å²) < 4.78 is 5.69. The summed E-state index contributed by atoms with van der Waals surface area (Å²) in [5.74, 6) is 0.724. The molecular weight excluding hydrogens is 326 g/mol. The van der Waals surface area contributed by atoms with E-state index in [0.717, 1.165) is 34.3 Å². The van der Waals surface area contributed by atoms with Crippen molar-refractivity contribution in [1.82, 2.24) is 10.3 Å². The molecule has 1 atom stereocenters. The van der Waals surface area contributed by atoms with E-state index in [2.05, 4.69) is 10.3 Å². The Morgan fingerprint density at radius 3 is 2.77 bits per heavy atom. The number of benzene rings is 2. The molecule has 0 spiro atoms. The Morgan fingerprint density at radius 2 is 1.92 bits per heavy atom. The lowest BCUT2D eigenvalue weighted by Gasteiger charge is -2.27. The number of rotatable bonds is 3. The number of pyridine rings is 1. The van der Waals surface area contributed by atoms with Crippen molar-refractivity contribution in [1.29, 1.82) is 0 Å². The van der Waals surface area contributed by atoms with Crippen molar-refractivity contribution in [2.75, 3.05) is 25.6 Å². The molecule has 4 rings (SSSR count). The van der Waals surface area contributed by atoms with Gasteiger partial charge in [-0.3, -0.25) is 9.78 Å². The van der Waals surface area contributed by atoms with E-state index in [1.54, 1.807) is 6.20 Å². The molecule has 5 nitrogen and oxygen atoms in total. The molecule has 2 aromatic carbocycles. The van der Waals surface area contributed by atoms with Gasteiger partial charge in [0, 0.05) is 37.7 Å². The molecular formula is C21H21N3O2. The van der Waals surface area contributed by atoms with Gasteiger partial charge in [0.25, 0.3) is 5.91 Å². The second-order valence-corrected chi connectivity index (χ2v) is 6.63. The van der Waals surface area contributed by atoms with Crippen molar-refractivity contribution < 1.29 is 9.53 Å². The summed E-state index contributed by atoms with van der Waals surface area (Å²) in [6, 6.07) is 15.7. The van der Waals surface area contributed by atoms with Gasteiger partial charge in [0.2, 0.25) is 0 Å². The molecule has 0 radical (unpaired) electrons. The highest BCUT2D eigenvalue weighted by atomic mass is 16.5. The Labute approximate surface area is 152 Å². The third kappa shape index (κ3) is 2.86. The minimum Gasteiger partial charge on any atom is -0.493 e. The zero-order valence-corrected chi connectivity index (χ0v) is 14.9. The third-order valence-corrected chi connectivity index (χ3v) is 4.70. The number of amides is 1. The molecule has 1 amide bonds. The second-order valence-electron chi connectivity index (χ2n) is 6.63. The van der Waals surface area contributed by atoms with Crippen LogP contribution in [0.4, 0.5) is 5.69 Å². The van der Waals surface area contributed by atoms with Crippen molar-refractivity contribution in [3.05, 3.63) is 65.9 Å². The quantitative estimate of drug-likeness (QED) is 0.787. The van der Waals surface area contributed by atoms with E-state index < -0.39 is 0 Å². The molecule has 1 N–H and O–H groups in total. The first-order valence-corrected chi connectivity index (χ1v) is 8.73. The molecule has 132 valence electrons. The van der Waals surface area contributed by atoms with Gasteiger partial charge in [-0.25, -0.2) is 0 Å². The molecule has 0 aliphatic carbocycles. The number of anilines is 1. The summed E-state index contributed by atoms with van der Waals surface area (Å²) in [5, 5.41) is 4.14. The lowest BCUT2D eigenvalue weighted by Crippen LogP contribution is -2.33. The number of para-hydroxylation sites is 2. The zero-order chi connectivity index (χ0) is 18.1. The summed E-state index contributed by atoms with van der Waals surface area (Å²) in [5.41, 5.74) is 3.36. The lowest BCUT2D eigenvalue weighted by molar-refractivity contribution is 0.0925. The fraction of sp³-hybridized carbons (Fsp3) is 0.238. The Hall–Kier alpha value is -3.08. The Balaban J connectivity index is 1.70. The van der Waals surface area contributed by atoms with Gasteiger partial charge in [-0.15, -0.1) is 0 Å². The highest BCUT2D eigenvalue weighted by molar-refractivity contribution is 6.07. The van der Waals surface area contributed by atoms with Gasteiger partial charge in [0.15, 0.2) is 0 Å². The van der Waals surface area contributed by atoms with E-state index in [1.807, 2.05) is 67.5 Å². The van der Waals surface area contributed by atoms with Gasteiger partial charge >= 0.3 is 0 Å². The van der Waals surface area contributed by atoms with Gasteiger partial charge < -0.3 is 15.0 Å². The summed E-state index contributed by atoms with van der Waals surface area (Å²) in [7, 11) is 3.89. The van der Waals surface area contributed by atoms with Crippen LogP contribution in [0.25, 0.3) is 10.9 Å². The highest BCUT2D eigenvalue weighted by Crippen LogP contribution is 2.33. The molecule has 0 fully saturated rings. The van der Waals surface area contributed by atoms with E-state index in [4.69, 9.17) is 4.74 Å². The van der Waals surface area contributed by atoms with Crippen LogP contribution in [0.15, 0.2) is 54.7 Å². The fourth-order valence-corrected chi connectivity index (χ4v) is 3.50. The van der Waals surface area contributed by atoms with Crippen LogP contribution in [0, 0.1) is 0 Å². The minimum absolute atomic E-state index is 0.0612. The van der Waals surface area contributed by atoms with Crippen LogP contribution in [-0.2, 0) is 0 Å². The van der Waals surface area contributed by atoms with Crippen molar-refractivity contribution in [2.24, 2.45) is 0 Å². The van der Waals surface area contributed by atoms with E-state index >= 15 is 0 Å². The number of carbonyl (C=O) groups is 1. The van der Waals surface area contributed by atoms with E-state index in [-0.39, 0.29) is 11.9 Å². The molecule has 5 heteroatoms. The predicted octanol–water partition coefficient (Wildman–Crippen LogP) is 3.55. The number of ether oxygens (including phenoxy) is 1. The third-order valence-electron chi connectivity index (χ3n) is 4.70. The smallest absolute Gasteiger partial charge is 0.255 e. The Morgan fingerprint density at radius 1 is 1.15 bits per heavy atom. The molecule has 2 heterocycles. The van der Waals surface area contributed by atoms with Crippen LogP contribution in [-0.4, -0.2) is 31.6 Å². The molecule has 1 unspecified atom stereocenters. The van der Waals surface area contributed by atoms with Crippen LogP contribution < -0.4 is 15.0 Å². The standard InChI is InChI=1S/C21H21N3O2/c1-24(2)20-15-8-3-5-9-17(15)22-13-16(20)21(25)23-18-11-12-26-19-10-6-4-7-14(18)19/h3-10,13,18H,11-12H2,1-2H3,(H,23,25). The first-order chi connectivity index (χ1) is 12.6. The maximum absolute atomic E-state index is 13.1. The number of nitrogens with zero attached hydrogens (tertiary/aromatic N) is 2. The SMILES string of the molecule is CN(C)c1c(C(=O)NC2CCOc3ccccc32)cnc2ccccc12. The van der Waals surface area contributed by atoms with Crippen LogP contribution in [0.5, 0.6) is 5.75 Å². The average molecular weight is 347 g/mol. The number of aromatic nitrogens is 1. The molecule has 26 heavy (non-hydrogen) atoms. The number of carbonyl (C=O) groups excluding carboxylic acids is 1. The molecule has 0 bridgehead atoms. The largest absolute Gasteiger partial charge is 0.493 e. The zero-order valence-electron chi connectivity index (χ0n) is 14.9. The van der Waals surface area contributed by atoms with Crippen molar-refractivity contribution in [3.8, 4) is 5.75 Å². The average Bonchev–Trinajstić information content (AvgIpc) is 2.67. The predicted molar refractivity (Wildman–Crippen MR) is 103 cm³/mol. The summed E-state index contributed by atoms with van der Waals surface area (Å²) >= 11 is 0. The normalized spacial score (nSPS) is 15.8. The molecule has 0 saturated heterocycles. The Kier molecular flexibility index (Phi) is 4.21. The lowest BCUT2D eigenvalue weighted by atomic mass is 10.00. The molecule has 1 aliphatic rings. The van der Waals surface area contributed by atoms with Crippen LogP contribution in [0.3, 0.4) is 0 Å². The van der Waals surface area contributed by atoms with E-state index in [0.29, 0.717) is 12.2 Å². The van der Waals surface area contributed by atoms with Gasteiger partial charge in [-0.1, -0.05) is 36.4 Å². The van der Waals surface area contributed by atoms with Gasteiger partial charge in [-0.2, -0.15) is 0 Å². The van der Waals surface area contributed by atoms with Gasteiger partial charge in [-0.05, 0) is 12.1 Å². The van der Waals surface area contributed by atoms with Crippen LogP contribution in [0.1, 0.15) is 28.4 Å². The van der Waals surface area contributed by atoms with Crippen molar-refractivity contribution in [2.45, 2.75) is 12.5 Å². The first-order valence-electron chi connectivity index (χ1n) is 8.73. The van der Waals surface area contributed by atoms with Crippen LogP contribution in [0.2, 0.25) is 0 Å². The van der Waals surface area contributed by atoms with Gasteiger partial charge in [0.05, 0.1) is 29.4 Å². The fourth-order valence-electron chi connectivity index (χ4n) is 3.50. The molecule has 1 aromatic heterocycles. The maximum Gasteiger partial charge on any atom is 0.255 e. The minimum atomic E-state index is -0.117. The van der Waals surface area contributed by atoms with Crippen molar-refractivity contribution >= 4 is 22.5 Å². The van der Waals surface area contributed by atoms with E-state index in [9.17, 15) is 4.79 Å². The number of hydrogen-bond acceptors (Lipinski definition) is 4. The molecule has 3 aromatic rings. The second kappa shape index (κ2) is 6.67. The highest BCUT2D eigenvalue weighted by Gasteiger charge is 2.25. The topological polar surface area (TPSA) is 54.5 Å². The molecule has 0 saturated carbocycles. The number of fused-ring (bicyclic) bond motifs is 2. The van der Waals surface area contributed by atoms with Gasteiger partial charge in [0.1, 0.15) is 5.75 Å².